The van der Waals surface area contributed by atoms with E-state index < -0.39 is 28.7 Å². The Bertz CT molecular complexity index is 1270. The smallest absolute Gasteiger partial charge is 0.417 e. The second-order valence-electron chi connectivity index (χ2n) is 14.3. The fraction of sp³-hybridized carbons (Fsp3) is 0.516. The molecule has 6 N–H and O–H groups in total. The Morgan fingerprint density at radius 1 is 0.700 bits per heavy atom. The second-order valence-corrected chi connectivity index (χ2v) is 14.3. The van der Waals surface area contributed by atoms with E-state index in [1.54, 1.807) is 24.3 Å². The van der Waals surface area contributed by atoms with Gasteiger partial charge in [0, 0.05) is 22.4 Å². The topological polar surface area (TPSA) is 143 Å². The number of hydrazine groups is 1. The summed E-state index contributed by atoms with van der Waals surface area (Å²) < 4.78 is 6.07. The number of amides is 3. The molecule has 0 spiro atoms. The number of primary amides is 1. The van der Waals surface area contributed by atoms with Crippen LogP contribution >= 0.6 is 0 Å². The largest absolute Gasteiger partial charge is 0.508 e. The van der Waals surface area contributed by atoms with Crippen molar-refractivity contribution in [1.82, 2.24) is 5.43 Å². The Hall–Kier alpha value is -3.75. The minimum Gasteiger partial charge on any atom is -0.508 e. The fourth-order valence-electron chi connectivity index (χ4n) is 4.26. The van der Waals surface area contributed by atoms with Gasteiger partial charge in [0.05, 0.1) is 5.69 Å². The molecule has 0 unspecified atom stereocenters. The Balaban J connectivity index is 2.63. The van der Waals surface area contributed by atoms with Gasteiger partial charge in [-0.1, -0.05) is 83.1 Å². The van der Waals surface area contributed by atoms with E-state index in [0.717, 1.165) is 5.56 Å². The monoisotopic (exact) mass is 554 g/mol. The lowest BCUT2D eigenvalue weighted by Crippen LogP contribution is -2.39. The van der Waals surface area contributed by atoms with Gasteiger partial charge in [0.25, 0.3) is 0 Å². The van der Waals surface area contributed by atoms with Crippen molar-refractivity contribution in [2.45, 2.75) is 105 Å². The molecule has 2 rings (SSSR count). The molecule has 0 heterocycles. The molecule has 0 saturated heterocycles. The van der Waals surface area contributed by atoms with Gasteiger partial charge in [-0.15, -0.1) is 0 Å². The maximum Gasteiger partial charge on any atom is 0.417 e. The van der Waals surface area contributed by atoms with E-state index in [4.69, 9.17) is 10.5 Å². The lowest BCUT2D eigenvalue weighted by atomic mass is 9.79. The normalized spacial score (nSPS) is 12.5. The van der Waals surface area contributed by atoms with Crippen LogP contribution in [-0.4, -0.2) is 23.0 Å². The van der Waals surface area contributed by atoms with E-state index in [2.05, 4.69) is 16.2 Å². The third-order valence-corrected chi connectivity index (χ3v) is 6.43. The minimum atomic E-state index is -1.12. The number of phenols is 1. The number of benzene rings is 2. The van der Waals surface area contributed by atoms with Crippen LogP contribution < -0.4 is 26.6 Å². The summed E-state index contributed by atoms with van der Waals surface area (Å²) in [7, 11) is 0. The van der Waals surface area contributed by atoms with E-state index >= 15 is 0 Å². The number of nitrogens with one attached hydrogen (secondary N) is 3. The highest BCUT2D eigenvalue weighted by molar-refractivity contribution is 6.34. The second kappa shape index (κ2) is 11.0. The van der Waals surface area contributed by atoms with Crippen LogP contribution in [0.1, 0.15) is 105 Å². The Morgan fingerprint density at radius 3 is 1.55 bits per heavy atom. The maximum absolute atomic E-state index is 13.5. The summed E-state index contributed by atoms with van der Waals surface area (Å²) in [5, 5.41) is 13.7. The lowest BCUT2D eigenvalue weighted by Gasteiger charge is -2.31. The molecule has 2 aromatic rings. The number of hydrogen-bond acceptors (Lipinski definition) is 6. The SMILES string of the molecule is CC(C)(C)c1cc(NC(=O)Oc2c(C(C)(C)C)cc(NNC(=O)C(N)=O)cc2C(C)(C)C)c(C(C)(C)C)cc1O. The molecular formula is C31H46N4O5. The van der Waals surface area contributed by atoms with Gasteiger partial charge >= 0.3 is 17.9 Å². The molecular weight excluding hydrogens is 508 g/mol. The number of aromatic hydroxyl groups is 1. The van der Waals surface area contributed by atoms with Crippen LogP contribution in [0.2, 0.25) is 0 Å². The van der Waals surface area contributed by atoms with Crippen molar-refractivity contribution in [3.05, 3.63) is 46.5 Å². The highest BCUT2D eigenvalue weighted by Gasteiger charge is 2.31. The third-order valence-electron chi connectivity index (χ3n) is 6.43. The molecule has 0 fully saturated rings. The van der Waals surface area contributed by atoms with Crippen LogP contribution in [0.3, 0.4) is 0 Å². The summed E-state index contributed by atoms with van der Waals surface area (Å²) in [6.07, 6.45) is -0.671. The van der Waals surface area contributed by atoms with Crippen LogP contribution in [0.4, 0.5) is 16.2 Å². The zero-order chi connectivity index (χ0) is 31.0. The predicted molar refractivity (Wildman–Crippen MR) is 160 cm³/mol. The van der Waals surface area contributed by atoms with Crippen molar-refractivity contribution in [3.8, 4) is 11.5 Å². The van der Waals surface area contributed by atoms with E-state index in [0.29, 0.717) is 33.8 Å². The molecule has 0 atom stereocenters. The molecule has 0 radical (unpaired) electrons. The van der Waals surface area contributed by atoms with Crippen molar-refractivity contribution in [2.24, 2.45) is 5.73 Å². The lowest BCUT2D eigenvalue weighted by molar-refractivity contribution is -0.136. The molecule has 0 aromatic heterocycles. The first-order valence-corrected chi connectivity index (χ1v) is 13.3. The van der Waals surface area contributed by atoms with E-state index in [1.165, 1.54) is 0 Å². The quantitative estimate of drug-likeness (QED) is 0.175. The van der Waals surface area contributed by atoms with Gasteiger partial charge < -0.3 is 15.6 Å². The van der Waals surface area contributed by atoms with Gasteiger partial charge in [-0.25, -0.2) is 4.79 Å². The molecule has 2 aromatic carbocycles. The maximum atomic E-state index is 13.5. The zero-order valence-electron chi connectivity index (χ0n) is 26.0. The van der Waals surface area contributed by atoms with Crippen molar-refractivity contribution in [2.75, 3.05) is 10.7 Å². The number of nitrogens with two attached hydrogens (primary N) is 1. The molecule has 0 saturated carbocycles. The van der Waals surface area contributed by atoms with Crippen molar-refractivity contribution < 1.29 is 24.2 Å². The van der Waals surface area contributed by atoms with Crippen LogP contribution in [0.25, 0.3) is 0 Å². The third kappa shape index (κ3) is 7.90. The van der Waals surface area contributed by atoms with Crippen molar-refractivity contribution in [1.29, 1.82) is 0 Å². The molecule has 0 aliphatic heterocycles. The van der Waals surface area contributed by atoms with Gasteiger partial charge in [-0.2, -0.15) is 0 Å². The molecule has 3 amide bonds. The number of carbonyl (C=O) groups excluding carboxylic acids is 3. The molecule has 0 aliphatic rings. The number of anilines is 2. The molecule has 40 heavy (non-hydrogen) atoms. The number of hydrogen-bond donors (Lipinski definition) is 5. The van der Waals surface area contributed by atoms with Gasteiger partial charge in [0.2, 0.25) is 0 Å². The first-order chi connectivity index (χ1) is 17.9. The number of rotatable bonds is 4. The first kappa shape index (κ1) is 32.5. The Labute approximate surface area is 238 Å². The average molecular weight is 555 g/mol. The van der Waals surface area contributed by atoms with Gasteiger partial charge in [-0.3, -0.25) is 25.8 Å². The summed E-state index contributed by atoms with van der Waals surface area (Å²) in [5.41, 5.74) is 12.4. The summed E-state index contributed by atoms with van der Waals surface area (Å²) >= 11 is 0. The summed E-state index contributed by atoms with van der Waals surface area (Å²) in [6.45, 7) is 23.9. The van der Waals surface area contributed by atoms with Gasteiger partial charge in [0.15, 0.2) is 0 Å². The molecule has 220 valence electrons. The van der Waals surface area contributed by atoms with Crippen molar-refractivity contribution in [3.63, 3.8) is 0 Å². The van der Waals surface area contributed by atoms with Gasteiger partial charge in [-0.05, 0) is 51.5 Å². The molecule has 0 aliphatic carbocycles. The van der Waals surface area contributed by atoms with E-state index in [1.807, 2.05) is 83.1 Å². The average Bonchev–Trinajstić information content (AvgIpc) is 2.75. The van der Waals surface area contributed by atoms with Crippen molar-refractivity contribution >= 4 is 29.3 Å². The van der Waals surface area contributed by atoms with E-state index in [9.17, 15) is 19.5 Å². The molecule has 9 heteroatoms. The zero-order valence-corrected chi connectivity index (χ0v) is 26.0. The first-order valence-electron chi connectivity index (χ1n) is 13.3. The molecule has 0 bridgehead atoms. The van der Waals surface area contributed by atoms with Crippen LogP contribution in [0.15, 0.2) is 24.3 Å². The summed E-state index contributed by atoms with van der Waals surface area (Å²) in [5.74, 6) is -1.52. The van der Waals surface area contributed by atoms with Crippen LogP contribution in [0, 0.1) is 0 Å². The summed E-state index contributed by atoms with van der Waals surface area (Å²) in [6, 6.07) is 7.04. The Kier molecular flexibility index (Phi) is 8.95. The summed E-state index contributed by atoms with van der Waals surface area (Å²) in [4.78, 5) is 36.4. The number of phenolic OH excluding ortho intramolecular Hbond substituents is 1. The highest BCUT2D eigenvalue weighted by atomic mass is 16.6. The van der Waals surface area contributed by atoms with Gasteiger partial charge in [0.1, 0.15) is 11.5 Å². The van der Waals surface area contributed by atoms with E-state index in [-0.39, 0.29) is 16.6 Å². The fourth-order valence-corrected chi connectivity index (χ4v) is 4.26. The molecule has 9 nitrogen and oxygen atoms in total. The van der Waals surface area contributed by atoms with Crippen LogP contribution in [0.5, 0.6) is 11.5 Å². The highest BCUT2D eigenvalue weighted by Crippen LogP contribution is 2.43. The standard InChI is InChI=1S/C31H46N4O5/c1-28(2,3)18-16-23(36)19(29(4,5)6)15-22(18)33-27(39)40-24-20(30(7,8)9)13-17(14-21(24)31(10,11)12)34-35-26(38)25(32)37/h13-16,34,36H,1-12H3,(H2,32,37)(H,33,39)(H,35,38). The minimum absolute atomic E-state index is 0.174. The Morgan fingerprint density at radius 2 is 1.15 bits per heavy atom. The predicted octanol–water partition coefficient (Wildman–Crippen LogP) is 6.12. The number of carbonyl (C=O) groups is 3. The number of ether oxygens (including phenoxy) is 1. The van der Waals surface area contributed by atoms with Crippen LogP contribution in [-0.2, 0) is 31.2 Å².